The van der Waals surface area contributed by atoms with E-state index in [0.717, 1.165) is 0 Å². The van der Waals surface area contributed by atoms with E-state index in [1.165, 1.54) is 6.07 Å². The van der Waals surface area contributed by atoms with Crippen LogP contribution < -0.4 is 5.73 Å². The van der Waals surface area contributed by atoms with E-state index in [0.29, 0.717) is 31.8 Å². The molecule has 0 amide bonds. The summed E-state index contributed by atoms with van der Waals surface area (Å²) in [5, 5.41) is 9.63. The first-order valence-corrected chi connectivity index (χ1v) is 6.33. The Morgan fingerprint density at radius 2 is 2.00 bits per heavy atom. The molecule has 0 radical (unpaired) electrons. The molecule has 0 saturated heterocycles. The summed E-state index contributed by atoms with van der Waals surface area (Å²) in [7, 11) is 1.60. The van der Waals surface area contributed by atoms with Gasteiger partial charge in [0.1, 0.15) is 5.82 Å². The van der Waals surface area contributed by atoms with Crippen LogP contribution in [0.2, 0.25) is 0 Å². The van der Waals surface area contributed by atoms with Crippen molar-refractivity contribution >= 4 is 0 Å². The number of ether oxygens (including phenoxy) is 2. The van der Waals surface area contributed by atoms with E-state index < -0.39 is 5.41 Å². The molecular formula is C14H22FNO3. The maximum Gasteiger partial charge on any atom is 0.127 e. The lowest BCUT2D eigenvalue weighted by Gasteiger charge is -2.31. The van der Waals surface area contributed by atoms with Crippen molar-refractivity contribution in [1.82, 2.24) is 0 Å². The van der Waals surface area contributed by atoms with E-state index in [2.05, 4.69) is 0 Å². The number of nitrogens with two attached hydrogens (primary N) is 1. The van der Waals surface area contributed by atoms with Crippen LogP contribution in [0.25, 0.3) is 0 Å². The summed E-state index contributed by atoms with van der Waals surface area (Å²) < 4.78 is 24.1. The van der Waals surface area contributed by atoms with Gasteiger partial charge in [-0.25, -0.2) is 4.39 Å². The van der Waals surface area contributed by atoms with Crippen LogP contribution in [0, 0.1) is 5.82 Å². The zero-order valence-corrected chi connectivity index (χ0v) is 11.3. The summed E-state index contributed by atoms with van der Waals surface area (Å²) in [6, 6.07) is 6.39. The predicted octanol–water partition coefficient (Wildman–Crippen LogP) is 1.07. The number of hydrogen-bond acceptors (Lipinski definition) is 4. The minimum Gasteiger partial charge on any atom is -0.395 e. The standard InChI is InChI=1S/C14H22FNO3/c1-18-8-9-19-7-6-14(10-16,11-17)12-4-2-3-5-13(12)15/h2-5,17H,6-11,16H2,1H3. The molecular weight excluding hydrogens is 249 g/mol. The first-order chi connectivity index (χ1) is 9.20. The lowest BCUT2D eigenvalue weighted by Crippen LogP contribution is -2.40. The Balaban J connectivity index is 2.71. The Hall–Kier alpha value is -1.01. The zero-order valence-electron chi connectivity index (χ0n) is 11.3. The quantitative estimate of drug-likeness (QED) is 0.659. The molecule has 108 valence electrons. The fraction of sp³-hybridized carbons (Fsp3) is 0.571. The van der Waals surface area contributed by atoms with Crippen molar-refractivity contribution in [3.05, 3.63) is 35.6 Å². The third-order valence-electron chi connectivity index (χ3n) is 3.30. The van der Waals surface area contributed by atoms with Gasteiger partial charge in [0.2, 0.25) is 0 Å². The summed E-state index contributed by atoms with van der Waals surface area (Å²) in [4.78, 5) is 0. The number of aliphatic hydroxyl groups excluding tert-OH is 1. The largest absolute Gasteiger partial charge is 0.395 e. The summed E-state index contributed by atoms with van der Waals surface area (Å²) in [5.41, 5.74) is 5.40. The highest BCUT2D eigenvalue weighted by atomic mass is 19.1. The number of hydrogen-bond donors (Lipinski definition) is 2. The second-order valence-electron chi connectivity index (χ2n) is 4.48. The fourth-order valence-electron chi connectivity index (χ4n) is 1.98. The van der Waals surface area contributed by atoms with Crippen LogP contribution in [0.15, 0.2) is 24.3 Å². The molecule has 0 aliphatic carbocycles. The first kappa shape index (κ1) is 16.0. The number of benzene rings is 1. The molecule has 0 aromatic heterocycles. The predicted molar refractivity (Wildman–Crippen MR) is 71.5 cm³/mol. The molecule has 19 heavy (non-hydrogen) atoms. The van der Waals surface area contributed by atoms with Crippen LogP contribution in [-0.2, 0) is 14.9 Å². The van der Waals surface area contributed by atoms with E-state index in [9.17, 15) is 9.50 Å². The third-order valence-corrected chi connectivity index (χ3v) is 3.30. The summed E-state index contributed by atoms with van der Waals surface area (Å²) >= 11 is 0. The van der Waals surface area contributed by atoms with Crippen molar-refractivity contribution in [2.75, 3.05) is 40.1 Å². The van der Waals surface area contributed by atoms with E-state index >= 15 is 0 Å². The summed E-state index contributed by atoms with van der Waals surface area (Å²) in [5.74, 6) is -0.348. The molecule has 0 saturated carbocycles. The normalized spacial score (nSPS) is 14.3. The number of rotatable bonds is 9. The minimum absolute atomic E-state index is 0.165. The molecule has 1 atom stereocenters. The second kappa shape index (κ2) is 8.22. The van der Waals surface area contributed by atoms with E-state index in [1.807, 2.05) is 0 Å². The highest BCUT2D eigenvalue weighted by molar-refractivity contribution is 5.28. The first-order valence-electron chi connectivity index (χ1n) is 6.33. The van der Waals surface area contributed by atoms with Gasteiger partial charge in [-0.3, -0.25) is 0 Å². The van der Waals surface area contributed by atoms with Crippen LogP contribution in [0.1, 0.15) is 12.0 Å². The van der Waals surface area contributed by atoms with Crippen LogP contribution in [0.4, 0.5) is 4.39 Å². The highest BCUT2D eigenvalue weighted by Crippen LogP contribution is 2.28. The third kappa shape index (κ3) is 4.24. The summed E-state index contributed by atoms with van der Waals surface area (Å²) in [6.45, 7) is 1.33. The highest BCUT2D eigenvalue weighted by Gasteiger charge is 2.32. The molecule has 0 heterocycles. The van der Waals surface area contributed by atoms with Crippen LogP contribution in [0.3, 0.4) is 0 Å². The molecule has 4 nitrogen and oxygen atoms in total. The van der Waals surface area contributed by atoms with Crippen molar-refractivity contribution in [2.45, 2.75) is 11.8 Å². The average molecular weight is 271 g/mol. The second-order valence-corrected chi connectivity index (χ2v) is 4.48. The number of aliphatic hydroxyl groups is 1. The van der Waals surface area contributed by atoms with Gasteiger partial charge in [0, 0.05) is 25.7 Å². The fourth-order valence-corrected chi connectivity index (χ4v) is 1.98. The number of methoxy groups -OCH3 is 1. The van der Waals surface area contributed by atoms with Crippen LogP contribution in [-0.4, -0.2) is 45.2 Å². The maximum absolute atomic E-state index is 13.9. The monoisotopic (exact) mass is 271 g/mol. The average Bonchev–Trinajstić information content (AvgIpc) is 2.44. The smallest absolute Gasteiger partial charge is 0.127 e. The van der Waals surface area contributed by atoms with Gasteiger partial charge >= 0.3 is 0 Å². The molecule has 1 rings (SSSR count). The van der Waals surface area contributed by atoms with Crippen molar-refractivity contribution < 1.29 is 19.0 Å². The van der Waals surface area contributed by atoms with Crippen LogP contribution >= 0.6 is 0 Å². The lowest BCUT2D eigenvalue weighted by molar-refractivity contribution is 0.0533. The molecule has 1 aromatic carbocycles. The molecule has 3 N–H and O–H groups in total. The molecule has 0 bridgehead atoms. The Morgan fingerprint density at radius 3 is 2.58 bits per heavy atom. The molecule has 0 fully saturated rings. The van der Waals surface area contributed by atoms with E-state index in [4.69, 9.17) is 15.2 Å². The Labute approximate surface area is 113 Å². The Bertz CT molecular complexity index is 369. The van der Waals surface area contributed by atoms with E-state index in [-0.39, 0.29) is 19.0 Å². The van der Waals surface area contributed by atoms with Crippen molar-refractivity contribution in [3.8, 4) is 0 Å². The summed E-state index contributed by atoms with van der Waals surface area (Å²) in [6.07, 6.45) is 0.463. The SMILES string of the molecule is COCCOCCC(CN)(CO)c1ccccc1F. The van der Waals surface area contributed by atoms with Gasteiger partial charge in [0.05, 0.1) is 19.8 Å². The Morgan fingerprint density at radius 1 is 1.26 bits per heavy atom. The maximum atomic E-state index is 13.9. The zero-order chi connectivity index (χ0) is 14.1. The van der Waals surface area contributed by atoms with Gasteiger partial charge in [-0.05, 0) is 18.1 Å². The lowest BCUT2D eigenvalue weighted by atomic mass is 9.78. The minimum atomic E-state index is -0.793. The van der Waals surface area contributed by atoms with Gasteiger partial charge in [-0.1, -0.05) is 18.2 Å². The van der Waals surface area contributed by atoms with Gasteiger partial charge < -0.3 is 20.3 Å². The van der Waals surface area contributed by atoms with Gasteiger partial charge in [-0.15, -0.1) is 0 Å². The van der Waals surface area contributed by atoms with Gasteiger partial charge in [-0.2, -0.15) is 0 Å². The van der Waals surface area contributed by atoms with Crippen molar-refractivity contribution in [1.29, 1.82) is 0 Å². The molecule has 5 heteroatoms. The molecule has 0 spiro atoms. The van der Waals surface area contributed by atoms with Gasteiger partial charge in [0.25, 0.3) is 0 Å². The molecule has 1 unspecified atom stereocenters. The van der Waals surface area contributed by atoms with Crippen molar-refractivity contribution in [2.24, 2.45) is 5.73 Å². The van der Waals surface area contributed by atoms with Crippen molar-refractivity contribution in [3.63, 3.8) is 0 Å². The number of halogens is 1. The van der Waals surface area contributed by atoms with Gasteiger partial charge in [0.15, 0.2) is 0 Å². The molecule has 0 aliphatic rings. The van der Waals surface area contributed by atoms with E-state index in [1.54, 1.807) is 25.3 Å². The molecule has 0 aliphatic heterocycles. The molecule has 1 aromatic rings. The topological polar surface area (TPSA) is 64.7 Å². The van der Waals surface area contributed by atoms with Crippen LogP contribution in [0.5, 0.6) is 0 Å². The Kier molecular flexibility index (Phi) is 6.94.